The zero-order valence-corrected chi connectivity index (χ0v) is 13.0. The summed E-state index contributed by atoms with van der Waals surface area (Å²) in [5.41, 5.74) is 3.38. The number of hydrogen-bond donors (Lipinski definition) is 0. The molecule has 22 heavy (non-hydrogen) atoms. The van der Waals surface area contributed by atoms with E-state index >= 15 is 0 Å². The van der Waals surface area contributed by atoms with Crippen LogP contribution in [0.15, 0.2) is 41.1 Å². The van der Waals surface area contributed by atoms with Crippen molar-refractivity contribution in [1.29, 1.82) is 0 Å². The van der Waals surface area contributed by atoms with Crippen molar-refractivity contribution in [1.82, 2.24) is 14.9 Å². The number of furan rings is 1. The number of nitrogens with zero attached hydrogens (tertiary/aromatic N) is 3. The van der Waals surface area contributed by atoms with Gasteiger partial charge < -0.3 is 4.42 Å². The molecule has 1 atom stereocenters. The van der Waals surface area contributed by atoms with Crippen molar-refractivity contribution >= 4 is 22.7 Å². The van der Waals surface area contributed by atoms with Gasteiger partial charge in [0.1, 0.15) is 16.4 Å². The summed E-state index contributed by atoms with van der Waals surface area (Å²) in [6, 6.07) is 8.17. The van der Waals surface area contributed by atoms with Gasteiger partial charge in [0.25, 0.3) is 0 Å². The summed E-state index contributed by atoms with van der Waals surface area (Å²) in [5.74, 6) is 0.974. The average Bonchev–Trinajstić information content (AvgIpc) is 3.12. The first-order valence-electron chi connectivity index (χ1n) is 7.43. The van der Waals surface area contributed by atoms with E-state index in [0.29, 0.717) is 11.2 Å². The Kier molecular flexibility index (Phi) is 3.36. The Morgan fingerprint density at radius 3 is 3.00 bits per heavy atom. The van der Waals surface area contributed by atoms with Crippen LogP contribution in [0.25, 0.3) is 22.2 Å². The summed E-state index contributed by atoms with van der Waals surface area (Å²) in [5, 5.41) is 0.479. The van der Waals surface area contributed by atoms with E-state index in [1.54, 1.807) is 12.4 Å². The Balaban J connectivity index is 1.80. The maximum Gasteiger partial charge on any atom is 0.153 e. The predicted octanol–water partition coefficient (Wildman–Crippen LogP) is 4.31. The van der Waals surface area contributed by atoms with Crippen molar-refractivity contribution in [3.63, 3.8) is 0 Å². The molecule has 5 heteroatoms. The molecule has 0 aliphatic carbocycles. The minimum Gasteiger partial charge on any atom is -0.458 e. The third-order valence-electron chi connectivity index (χ3n) is 4.30. The van der Waals surface area contributed by atoms with Crippen molar-refractivity contribution in [3.05, 3.63) is 47.6 Å². The molecule has 1 fully saturated rings. The molecule has 112 valence electrons. The summed E-state index contributed by atoms with van der Waals surface area (Å²) < 4.78 is 6.06. The summed E-state index contributed by atoms with van der Waals surface area (Å²) >= 11 is 6.34. The lowest BCUT2D eigenvalue weighted by Gasteiger charge is -2.16. The number of halogens is 1. The van der Waals surface area contributed by atoms with Crippen LogP contribution in [0.5, 0.6) is 0 Å². The van der Waals surface area contributed by atoms with E-state index in [-0.39, 0.29) is 0 Å². The number of likely N-dealkylation sites (tertiary alicyclic amines) is 1. The van der Waals surface area contributed by atoms with Crippen LogP contribution in [-0.2, 0) is 0 Å². The van der Waals surface area contributed by atoms with Gasteiger partial charge in [-0.15, -0.1) is 0 Å². The van der Waals surface area contributed by atoms with Crippen LogP contribution in [0.4, 0.5) is 0 Å². The summed E-state index contributed by atoms with van der Waals surface area (Å²) in [7, 11) is 2.13. The van der Waals surface area contributed by atoms with E-state index < -0.39 is 0 Å². The van der Waals surface area contributed by atoms with Gasteiger partial charge in [-0.25, -0.2) is 4.98 Å². The second-order valence-electron chi connectivity index (χ2n) is 5.74. The monoisotopic (exact) mass is 313 g/mol. The molecular formula is C17H16ClN3O. The van der Waals surface area contributed by atoms with Gasteiger partial charge in [0.05, 0.1) is 6.04 Å². The van der Waals surface area contributed by atoms with Crippen molar-refractivity contribution in [3.8, 4) is 11.1 Å². The molecule has 4 heterocycles. The third kappa shape index (κ3) is 2.28. The fraction of sp³-hybridized carbons (Fsp3) is 0.294. The predicted molar refractivity (Wildman–Crippen MR) is 86.9 cm³/mol. The highest BCUT2D eigenvalue weighted by Gasteiger charge is 2.26. The van der Waals surface area contributed by atoms with Gasteiger partial charge in [-0.05, 0) is 38.6 Å². The molecular weight excluding hydrogens is 298 g/mol. The summed E-state index contributed by atoms with van der Waals surface area (Å²) in [6.07, 6.45) is 5.85. The van der Waals surface area contributed by atoms with Crippen LogP contribution >= 0.6 is 11.6 Å². The van der Waals surface area contributed by atoms with E-state index in [2.05, 4.69) is 21.9 Å². The minimum absolute atomic E-state index is 0.342. The highest BCUT2D eigenvalue weighted by molar-refractivity contribution is 6.32. The molecule has 3 aromatic heterocycles. The van der Waals surface area contributed by atoms with E-state index in [1.807, 2.05) is 24.3 Å². The highest BCUT2D eigenvalue weighted by atomic mass is 35.5. The van der Waals surface area contributed by atoms with Crippen molar-refractivity contribution in [2.75, 3.05) is 13.6 Å². The number of hydrogen-bond acceptors (Lipinski definition) is 4. The third-order valence-corrected chi connectivity index (χ3v) is 4.59. The molecule has 4 rings (SSSR count). The summed E-state index contributed by atoms with van der Waals surface area (Å²) in [4.78, 5) is 11.0. The molecule has 3 aromatic rings. The van der Waals surface area contributed by atoms with Gasteiger partial charge in [0.15, 0.2) is 5.58 Å². The first-order chi connectivity index (χ1) is 10.7. The smallest absolute Gasteiger partial charge is 0.153 e. The highest BCUT2D eigenvalue weighted by Crippen LogP contribution is 2.36. The van der Waals surface area contributed by atoms with Gasteiger partial charge in [-0.1, -0.05) is 17.7 Å². The molecule has 0 aromatic carbocycles. The van der Waals surface area contributed by atoms with Crippen LogP contribution in [0.2, 0.25) is 5.15 Å². The molecule has 0 amide bonds. The van der Waals surface area contributed by atoms with Crippen LogP contribution in [0.3, 0.4) is 0 Å². The van der Waals surface area contributed by atoms with Gasteiger partial charge in [-0.3, -0.25) is 9.88 Å². The van der Waals surface area contributed by atoms with E-state index in [0.717, 1.165) is 41.0 Å². The Bertz CT molecular complexity index is 815. The molecule has 0 saturated carbocycles. The maximum absolute atomic E-state index is 6.34. The molecule has 0 bridgehead atoms. The fourth-order valence-corrected chi connectivity index (χ4v) is 3.38. The zero-order chi connectivity index (χ0) is 15.1. The molecule has 0 unspecified atom stereocenters. The van der Waals surface area contributed by atoms with E-state index in [9.17, 15) is 0 Å². The number of rotatable bonds is 2. The van der Waals surface area contributed by atoms with E-state index in [4.69, 9.17) is 16.0 Å². The molecule has 0 N–H and O–H groups in total. The van der Waals surface area contributed by atoms with Gasteiger partial charge in [0.2, 0.25) is 0 Å². The van der Waals surface area contributed by atoms with Crippen molar-refractivity contribution in [2.45, 2.75) is 18.9 Å². The minimum atomic E-state index is 0.342. The Hall–Kier alpha value is -1.91. The number of pyridine rings is 2. The molecule has 1 aliphatic heterocycles. The Morgan fingerprint density at radius 1 is 1.36 bits per heavy atom. The first kappa shape index (κ1) is 13.7. The Labute approximate surface area is 133 Å². The van der Waals surface area contributed by atoms with Gasteiger partial charge >= 0.3 is 0 Å². The maximum atomic E-state index is 6.34. The molecule has 0 radical (unpaired) electrons. The number of fused-ring (bicyclic) bond motifs is 1. The SMILES string of the molecule is CN1CCC[C@H]1c1cc2nc(Cl)c(-c3cccnc3)cc2o1. The second kappa shape index (κ2) is 5.38. The zero-order valence-electron chi connectivity index (χ0n) is 12.3. The normalized spacial score (nSPS) is 19.1. The number of aromatic nitrogens is 2. The van der Waals surface area contributed by atoms with Crippen LogP contribution in [-0.4, -0.2) is 28.5 Å². The molecule has 1 aliphatic rings. The summed E-state index contributed by atoms with van der Waals surface area (Å²) in [6.45, 7) is 1.11. The van der Waals surface area contributed by atoms with Crippen LogP contribution in [0, 0.1) is 0 Å². The molecule has 0 spiro atoms. The van der Waals surface area contributed by atoms with Gasteiger partial charge in [-0.2, -0.15) is 0 Å². The first-order valence-corrected chi connectivity index (χ1v) is 7.81. The largest absolute Gasteiger partial charge is 0.458 e. The quantitative estimate of drug-likeness (QED) is 0.661. The van der Waals surface area contributed by atoms with Crippen molar-refractivity contribution in [2.24, 2.45) is 0 Å². The lowest BCUT2D eigenvalue weighted by molar-refractivity contribution is 0.281. The van der Waals surface area contributed by atoms with Crippen LogP contribution in [0.1, 0.15) is 24.6 Å². The van der Waals surface area contributed by atoms with Crippen LogP contribution < -0.4 is 0 Å². The second-order valence-corrected chi connectivity index (χ2v) is 6.10. The lowest BCUT2D eigenvalue weighted by Crippen LogP contribution is -2.16. The lowest BCUT2D eigenvalue weighted by atomic mass is 10.1. The average molecular weight is 314 g/mol. The molecule has 4 nitrogen and oxygen atoms in total. The fourth-order valence-electron chi connectivity index (χ4n) is 3.12. The van der Waals surface area contributed by atoms with E-state index in [1.165, 1.54) is 6.42 Å². The topological polar surface area (TPSA) is 42.2 Å². The Morgan fingerprint density at radius 2 is 2.27 bits per heavy atom. The van der Waals surface area contributed by atoms with Crippen molar-refractivity contribution < 1.29 is 4.42 Å². The standard InChI is InChI=1S/C17H16ClN3O/c1-21-7-3-5-14(21)16-9-13-15(22-16)8-12(17(18)20-13)11-4-2-6-19-10-11/h2,4,6,8-10,14H,3,5,7H2,1H3/t14-/m0/s1. The van der Waals surface area contributed by atoms with Gasteiger partial charge in [0, 0.05) is 29.6 Å². The molecule has 1 saturated heterocycles.